The van der Waals surface area contributed by atoms with Crippen LogP contribution in [0.15, 0.2) is 42.2 Å². The molecule has 7 nitrogen and oxygen atoms in total. The van der Waals surface area contributed by atoms with Crippen LogP contribution in [0.3, 0.4) is 0 Å². The Hall–Kier alpha value is -2.19. The number of amides is 1. The molecule has 5 rings (SSSR count). The summed E-state index contributed by atoms with van der Waals surface area (Å²) >= 11 is 0. The molecule has 0 saturated carbocycles. The van der Waals surface area contributed by atoms with E-state index in [9.17, 15) is 19.8 Å². The Morgan fingerprint density at radius 1 is 1.31 bits per heavy atom. The van der Waals surface area contributed by atoms with Gasteiger partial charge in [0.05, 0.1) is 35.2 Å². The third-order valence-electron chi connectivity index (χ3n) is 6.02. The summed E-state index contributed by atoms with van der Waals surface area (Å²) in [6, 6.07) is 9.32. The number of aryl methyl sites for hydroxylation is 1. The van der Waals surface area contributed by atoms with Gasteiger partial charge < -0.3 is 24.5 Å². The van der Waals surface area contributed by atoms with E-state index in [0.29, 0.717) is 12.0 Å². The fourth-order valence-corrected chi connectivity index (χ4v) is 4.73. The van der Waals surface area contributed by atoms with Crippen LogP contribution in [0.2, 0.25) is 0 Å². The van der Waals surface area contributed by atoms with Gasteiger partial charge in [0, 0.05) is 24.0 Å². The zero-order valence-corrected chi connectivity index (χ0v) is 18.4. The molecule has 3 atom stereocenters. The summed E-state index contributed by atoms with van der Waals surface area (Å²) in [6.45, 7) is 1.56. The molecule has 1 amide bonds. The number of hydrogen-bond donors (Lipinski definition) is 1. The van der Waals surface area contributed by atoms with Gasteiger partial charge in [-0.1, -0.05) is 12.1 Å². The smallest absolute Gasteiger partial charge is 0.543 e. The number of benzene rings is 1. The minimum atomic E-state index is -1.37. The van der Waals surface area contributed by atoms with Gasteiger partial charge in [0.15, 0.2) is 0 Å². The van der Waals surface area contributed by atoms with E-state index in [1.54, 1.807) is 13.1 Å². The number of aromatic nitrogens is 2. The quantitative estimate of drug-likeness (QED) is 0.398. The Morgan fingerprint density at radius 3 is 2.76 bits per heavy atom. The second-order valence-corrected chi connectivity index (χ2v) is 7.53. The van der Waals surface area contributed by atoms with Crippen LogP contribution in [0.5, 0.6) is 0 Å². The Labute approximate surface area is 188 Å². The van der Waals surface area contributed by atoms with E-state index in [2.05, 4.69) is 4.98 Å². The van der Waals surface area contributed by atoms with Gasteiger partial charge in [-0.25, -0.2) is 4.98 Å². The maximum Gasteiger partial charge on any atom is 1.00 e. The number of hydrogen-bond acceptors (Lipinski definition) is 5. The number of carbonyl (C=O) groups excluding carboxylic acids is 2. The van der Waals surface area contributed by atoms with Gasteiger partial charge in [0.25, 0.3) is 0 Å². The Balaban J connectivity index is 0.00000205. The first-order valence-corrected chi connectivity index (χ1v) is 9.19. The minimum Gasteiger partial charge on any atom is -0.543 e. The number of nitrogens with zero attached hydrogens (tertiary/aromatic N) is 3. The zero-order chi connectivity index (χ0) is 19.7. The molecule has 8 heteroatoms. The van der Waals surface area contributed by atoms with Crippen molar-refractivity contribution in [1.29, 1.82) is 0 Å². The van der Waals surface area contributed by atoms with Gasteiger partial charge in [-0.3, -0.25) is 4.79 Å². The molecule has 2 aliphatic heterocycles. The zero-order valence-electron chi connectivity index (χ0n) is 16.4. The third kappa shape index (κ3) is 2.69. The topological polar surface area (TPSA) is 98.5 Å². The van der Waals surface area contributed by atoms with Crippen molar-refractivity contribution in [2.24, 2.45) is 13.0 Å². The molecule has 0 radical (unpaired) electrons. The number of β-lactam (4-membered cyclic amide) rings is 1. The second kappa shape index (κ2) is 6.95. The summed E-state index contributed by atoms with van der Waals surface area (Å²) in [5, 5.41) is 23.8. The second-order valence-electron chi connectivity index (χ2n) is 7.53. The van der Waals surface area contributed by atoms with Crippen molar-refractivity contribution < 1.29 is 49.4 Å². The monoisotopic (exact) mass is 399 g/mol. The molecule has 1 aromatic carbocycles. The number of carbonyl (C=O) groups is 2. The maximum atomic E-state index is 12.4. The van der Waals surface area contributed by atoms with Crippen LogP contribution in [0.25, 0.3) is 27.5 Å². The van der Waals surface area contributed by atoms with Crippen molar-refractivity contribution in [3.8, 4) is 0 Å². The van der Waals surface area contributed by atoms with E-state index in [4.69, 9.17) is 0 Å². The summed E-state index contributed by atoms with van der Waals surface area (Å²) in [5.41, 5.74) is 3.02. The first-order chi connectivity index (χ1) is 13.4. The number of rotatable bonds is 3. The number of aliphatic carboxylic acids is 1. The van der Waals surface area contributed by atoms with E-state index in [1.165, 1.54) is 4.90 Å². The van der Waals surface area contributed by atoms with Crippen LogP contribution in [0, 0.1) is 5.92 Å². The fourth-order valence-electron chi connectivity index (χ4n) is 4.73. The molecule has 3 aromatic rings. The molecule has 0 unspecified atom stereocenters. The number of carboxylic acids is 1. The van der Waals surface area contributed by atoms with Gasteiger partial charge in [-0.15, -0.1) is 0 Å². The van der Waals surface area contributed by atoms with E-state index in [-0.39, 0.29) is 47.2 Å². The number of aliphatic hydroxyl groups is 1. The largest absolute Gasteiger partial charge is 1.00 e. The summed E-state index contributed by atoms with van der Waals surface area (Å²) in [7, 11) is 1.92. The first-order valence-electron chi connectivity index (χ1n) is 9.19. The molecule has 0 spiro atoms. The Bertz CT molecular complexity index is 1210. The number of aliphatic hydroxyl groups excluding tert-OH is 1. The van der Waals surface area contributed by atoms with Crippen LogP contribution >= 0.6 is 0 Å². The standard InChI is InChI=1S/C21H19N3O4.Na/c1-10(25)17-16-9-14(18(21(27)28)24(16)20(17)26)11-5-6-12-13-4-3-7-22-19(13)23(2)15(12)8-11;/h3-8,10,16-17,25H,9H2,1-2H3,(H,27,28);/q;+1/p-1/t10-,16-,17-;/m1./s1. The van der Waals surface area contributed by atoms with Gasteiger partial charge >= 0.3 is 29.6 Å². The minimum absolute atomic E-state index is 0. The molecule has 1 N–H and O–H groups in total. The molecule has 0 bridgehead atoms. The average molecular weight is 399 g/mol. The summed E-state index contributed by atoms with van der Waals surface area (Å²) in [6.07, 6.45) is 1.31. The van der Waals surface area contributed by atoms with Gasteiger partial charge in [-0.2, -0.15) is 0 Å². The molecule has 1 saturated heterocycles. The molecule has 2 aromatic heterocycles. The molecule has 1 fully saturated rings. The van der Waals surface area contributed by atoms with Crippen molar-refractivity contribution in [3.63, 3.8) is 0 Å². The maximum absolute atomic E-state index is 12.4. The number of fused-ring (bicyclic) bond motifs is 4. The fraction of sp³-hybridized carbons (Fsp3) is 0.286. The van der Waals surface area contributed by atoms with Crippen molar-refractivity contribution in [2.75, 3.05) is 0 Å². The van der Waals surface area contributed by atoms with Crippen molar-refractivity contribution in [1.82, 2.24) is 14.5 Å². The number of carboxylic acid groups (broad SMARTS) is 1. The SMILES string of the molecule is C[C@@H](O)[C@H]1C(=O)N2C(C(=O)[O-])=C(c3ccc4c5cccnc5n(C)c4c3)C[C@H]12.[Na+]. The van der Waals surface area contributed by atoms with E-state index in [1.807, 2.05) is 41.9 Å². The van der Waals surface area contributed by atoms with Crippen LogP contribution in [-0.2, 0) is 16.6 Å². The van der Waals surface area contributed by atoms with Gasteiger partial charge in [-0.05, 0) is 42.7 Å². The van der Waals surface area contributed by atoms with E-state index < -0.39 is 18.0 Å². The van der Waals surface area contributed by atoms with Crippen molar-refractivity contribution in [2.45, 2.75) is 25.5 Å². The normalized spacial score (nSPS) is 21.9. The molecular weight excluding hydrogens is 381 g/mol. The molecular formula is C21H18N3NaO4. The van der Waals surface area contributed by atoms with Crippen LogP contribution in [0.1, 0.15) is 18.9 Å². The van der Waals surface area contributed by atoms with Crippen LogP contribution < -0.4 is 34.7 Å². The summed E-state index contributed by atoms with van der Waals surface area (Å²) < 4.78 is 1.97. The predicted octanol–water partition coefficient (Wildman–Crippen LogP) is -2.20. The molecule has 0 aliphatic carbocycles. The average Bonchev–Trinajstić information content (AvgIpc) is 3.15. The van der Waals surface area contributed by atoms with E-state index >= 15 is 0 Å². The molecule has 4 heterocycles. The Morgan fingerprint density at radius 2 is 2.07 bits per heavy atom. The third-order valence-corrected chi connectivity index (χ3v) is 6.02. The van der Waals surface area contributed by atoms with E-state index in [0.717, 1.165) is 27.5 Å². The van der Waals surface area contributed by atoms with Crippen LogP contribution in [0.4, 0.5) is 0 Å². The van der Waals surface area contributed by atoms with Crippen LogP contribution in [-0.4, -0.2) is 43.6 Å². The van der Waals surface area contributed by atoms with Crippen molar-refractivity contribution in [3.05, 3.63) is 47.8 Å². The number of pyridine rings is 1. The van der Waals surface area contributed by atoms with Crippen molar-refractivity contribution >= 4 is 39.4 Å². The summed E-state index contributed by atoms with van der Waals surface area (Å²) in [4.78, 5) is 29.9. The van der Waals surface area contributed by atoms with Gasteiger partial charge in [0.1, 0.15) is 5.65 Å². The Kier molecular flexibility index (Phi) is 4.82. The van der Waals surface area contributed by atoms with Gasteiger partial charge in [0.2, 0.25) is 5.91 Å². The first kappa shape index (κ1) is 20.1. The molecule has 2 aliphatic rings. The molecule has 29 heavy (non-hydrogen) atoms. The predicted molar refractivity (Wildman–Crippen MR) is 101 cm³/mol. The summed E-state index contributed by atoms with van der Waals surface area (Å²) in [5.74, 6) is -2.30. The molecule has 142 valence electrons.